The highest BCUT2D eigenvalue weighted by molar-refractivity contribution is 5.50. The van der Waals surface area contributed by atoms with Crippen molar-refractivity contribution in [3.63, 3.8) is 0 Å². The second-order valence-electron chi connectivity index (χ2n) is 8.99. The maximum absolute atomic E-state index is 6.11. The van der Waals surface area contributed by atoms with Crippen molar-refractivity contribution in [2.45, 2.75) is 71.4 Å². The Hall–Kier alpha value is -2.20. The highest BCUT2D eigenvalue weighted by Gasteiger charge is 2.32. The van der Waals surface area contributed by atoms with E-state index in [0.29, 0.717) is 23.7 Å². The first kappa shape index (κ1) is 21.5. The molecule has 0 radical (unpaired) electrons. The third kappa shape index (κ3) is 6.14. The van der Waals surface area contributed by atoms with Gasteiger partial charge in [-0.25, -0.2) is 0 Å². The Morgan fingerprint density at radius 2 is 1.59 bits per heavy atom. The first-order valence-corrected chi connectivity index (χ1v) is 11.0. The lowest BCUT2D eigenvalue weighted by molar-refractivity contribution is 0.221. The van der Waals surface area contributed by atoms with Crippen LogP contribution in [0, 0.1) is 11.8 Å². The zero-order valence-electron chi connectivity index (χ0n) is 18.3. The van der Waals surface area contributed by atoms with Gasteiger partial charge in [-0.2, -0.15) is 0 Å². The van der Waals surface area contributed by atoms with Crippen LogP contribution in [0.15, 0.2) is 59.0 Å². The van der Waals surface area contributed by atoms with Crippen LogP contribution in [0.5, 0.6) is 0 Å². The fourth-order valence-electron chi connectivity index (χ4n) is 4.28. The van der Waals surface area contributed by atoms with Crippen molar-refractivity contribution in [1.29, 1.82) is 0 Å². The van der Waals surface area contributed by atoms with Gasteiger partial charge in [0.15, 0.2) is 0 Å². The van der Waals surface area contributed by atoms with Gasteiger partial charge in [0, 0.05) is 11.6 Å². The number of hydrogen-bond donors (Lipinski definition) is 1. The van der Waals surface area contributed by atoms with Crippen LogP contribution >= 0.6 is 0 Å². The number of aromatic nitrogens is 2. The van der Waals surface area contributed by atoms with E-state index in [1.54, 1.807) is 0 Å². The maximum Gasteiger partial charge on any atom is 0.247 e. The van der Waals surface area contributed by atoms with E-state index in [2.05, 4.69) is 43.2 Å². The van der Waals surface area contributed by atoms with Gasteiger partial charge in [-0.15, -0.1) is 10.2 Å². The molecule has 0 saturated heterocycles. The lowest BCUT2D eigenvalue weighted by atomic mass is 9.87. The minimum atomic E-state index is -0.376. The Bertz CT molecular complexity index is 803. The normalized spacial score (nSPS) is 21.1. The molecule has 4 heteroatoms. The molecule has 0 aliphatic heterocycles. The fraction of sp³-hybridized carbons (Fsp3) is 0.520. The number of nitrogens with one attached hydrogen (secondary N) is 1. The van der Waals surface area contributed by atoms with E-state index in [4.69, 9.17) is 4.42 Å². The summed E-state index contributed by atoms with van der Waals surface area (Å²) in [6.45, 7) is 8.96. The van der Waals surface area contributed by atoms with Gasteiger partial charge in [0.2, 0.25) is 11.8 Å². The topological polar surface area (TPSA) is 51.0 Å². The summed E-state index contributed by atoms with van der Waals surface area (Å²) in [6, 6.07) is 18.3. The molecule has 1 saturated carbocycles. The largest absolute Gasteiger partial charge is 0.419 e. The van der Waals surface area contributed by atoms with Gasteiger partial charge < -0.3 is 9.73 Å². The van der Waals surface area contributed by atoms with Crippen molar-refractivity contribution in [2.24, 2.45) is 11.8 Å². The van der Waals surface area contributed by atoms with Crippen LogP contribution < -0.4 is 5.32 Å². The molecule has 1 aromatic carbocycles. The standard InChI is InChI=1S/C25H35N3O/c1-19-14-12-13-17-22(18-19)20(2)26-25(3,4)24-28-27-23(29-24)21-15-10-8-6-5-7-9-11-16-21/h5-11,15-16,19-20,22,26H,12-14,17-18H2,1-4H3. The van der Waals surface area contributed by atoms with Gasteiger partial charge in [0.25, 0.3) is 0 Å². The van der Waals surface area contributed by atoms with E-state index < -0.39 is 0 Å². The molecule has 29 heavy (non-hydrogen) atoms. The molecule has 3 atom stereocenters. The summed E-state index contributed by atoms with van der Waals surface area (Å²) in [5.41, 5.74) is 0.528. The zero-order chi connectivity index (χ0) is 20.7. The van der Waals surface area contributed by atoms with Gasteiger partial charge in [-0.1, -0.05) is 68.7 Å². The van der Waals surface area contributed by atoms with Crippen molar-refractivity contribution >= 4 is 0 Å². The minimum Gasteiger partial charge on any atom is -0.419 e. The van der Waals surface area contributed by atoms with E-state index in [1.165, 1.54) is 32.1 Å². The summed E-state index contributed by atoms with van der Waals surface area (Å²) < 4.78 is 6.11. The molecule has 0 spiro atoms. The molecule has 0 bridgehead atoms. The molecule has 4 nitrogen and oxygen atoms in total. The smallest absolute Gasteiger partial charge is 0.247 e. The van der Waals surface area contributed by atoms with Gasteiger partial charge >= 0.3 is 0 Å². The first-order chi connectivity index (χ1) is 14.0. The van der Waals surface area contributed by atoms with E-state index in [9.17, 15) is 0 Å². The molecule has 1 aliphatic rings. The third-order valence-corrected chi connectivity index (χ3v) is 5.95. The highest BCUT2D eigenvalue weighted by Crippen LogP contribution is 2.31. The molecule has 1 fully saturated rings. The molecule has 3 rings (SSSR count). The van der Waals surface area contributed by atoms with E-state index in [1.807, 2.05) is 54.6 Å². The molecule has 156 valence electrons. The molecule has 1 aliphatic carbocycles. The molecule has 1 aromatic heterocycles. The summed E-state index contributed by atoms with van der Waals surface area (Å²) in [7, 11) is 0. The third-order valence-electron chi connectivity index (χ3n) is 5.95. The Labute approximate surface area is 175 Å². The van der Waals surface area contributed by atoms with E-state index in [-0.39, 0.29) is 5.54 Å². The predicted molar refractivity (Wildman–Crippen MR) is 119 cm³/mol. The maximum atomic E-state index is 6.11. The van der Waals surface area contributed by atoms with Gasteiger partial charge in [-0.3, -0.25) is 0 Å². The van der Waals surface area contributed by atoms with Crippen LogP contribution in [0.4, 0.5) is 0 Å². The lowest BCUT2D eigenvalue weighted by Gasteiger charge is -2.32. The lowest BCUT2D eigenvalue weighted by Crippen LogP contribution is -2.46. The summed E-state index contributed by atoms with van der Waals surface area (Å²) in [5, 5.41) is 12.5. The molecule has 1 N–H and O–H groups in total. The number of hydrogen-bond acceptors (Lipinski definition) is 4. The SMILES string of the molecule is CC1CCCCC(C(C)NC(C)(C)c2nnc(-c3ccccccccc3)o2)C1. The first-order valence-electron chi connectivity index (χ1n) is 11.0. The molecule has 2 aromatic rings. The second-order valence-corrected chi connectivity index (χ2v) is 8.99. The van der Waals surface area contributed by atoms with Gasteiger partial charge in [-0.05, 0) is 57.6 Å². The van der Waals surface area contributed by atoms with Crippen LogP contribution in [0.1, 0.15) is 65.7 Å². The van der Waals surface area contributed by atoms with Crippen molar-refractivity contribution in [1.82, 2.24) is 15.5 Å². The summed E-state index contributed by atoms with van der Waals surface area (Å²) >= 11 is 0. The Morgan fingerprint density at radius 1 is 0.966 bits per heavy atom. The number of nitrogens with zero attached hydrogens (tertiary/aromatic N) is 2. The van der Waals surface area contributed by atoms with Crippen molar-refractivity contribution in [2.75, 3.05) is 0 Å². The Kier molecular flexibility index (Phi) is 7.43. The van der Waals surface area contributed by atoms with Crippen molar-refractivity contribution in [3.8, 4) is 11.5 Å². The average molecular weight is 394 g/mol. The molecular formula is C25H35N3O. The Morgan fingerprint density at radius 3 is 2.28 bits per heavy atom. The van der Waals surface area contributed by atoms with Crippen molar-refractivity contribution in [3.05, 3.63) is 60.5 Å². The Balaban J connectivity index is 1.76. The second kappa shape index (κ2) is 10.0. The van der Waals surface area contributed by atoms with Gasteiger partial charge in [0.05, 0.1) is 5.54 Å². The van der Waals surface area contributed by atoms with Crippen LogP contribution in [0.25, 0.3) is 11.5 Å². The van der Waals surface area contributed by atoms with Gasteiger partial charge in [0.1, 0.15) is 0 Å². The summed E-state index contributed by atoms with van der Waals surface area (Å²) in [4.78, 5) is 0. The van der Waals surface area contributed by atoms with Crippen LogP contribution in [-0.4, -0.2) is 16.2 Å². The molecule has 0 amide bonds. The van der Waals surface area contributed by atoms with E-state index in [0.717, 1.165) is 11.5 Å². The fourth-order valence-corrected chi connectivity index (χ4v) is 4.28. The molecular weight excluding hydrogens is 358 g/mol. The van der Waals surface area contributed by atoms with Crippen LogP contribution in [0.2, 0.25) is 0 Å². The number of rotatable bonds is 5. The summed E-state index contributed by atoms with van der Waals surface area (Å²) in [6.07, 6.45) is 6.66. The predicted octanol–water partition coefficient (Wildman–Crippen LogP) is 6.29. The minimum absolute atomic E-state index is 0.376. The monoisotopic (exact) mass is 393 g/mol. The average Bonchev–Trinajstić information content (AvgIpc) is 3.09. The molecule has 1 heterocycles. The quantitative estimate of drug-likeness (QED) is 0.606. The molecule has 3 unspecified atom stereocenters. The van der Waals surface area contributed by atoms with E-state index >= 15 is 0 Å². The van der Waals surface area contributed by atoms with Crippen LogP contribution in [0.3, 0.4) is 0 Å². The van der Waals surface area contributed by atoms with Crippen molar-refractivity contribution < 1.29 is 4.42 Å². The zero-order valence-corrected chi connectivity index (χ0v) is 18.3. The van der Waals surface area contributed by atoms with Crippen LogP contribution in [-0.2, 0) is 5.54 Å². The summed E-state index contributed by atoms with van der Waals surface area (Å²) in [5.74, 6) is 2.69. The highest BCUT2D eigenvalue weighted by atomic mass is 16.4.